The van der Waals surface area contributed by atoms with Crippen molar-refractivity contribution >= 4 is 18.0 Å². The third-order valence-electron chi connectivity index (χ3n) is 5.94. The lowest BCUT2D eigenvalue weighted by Crippen LogP contribution is -2.37. The van der Waals surface area contributed by atoms with Crippen LogP contribution in [0, 0.1) is 0 Å². The van der Waals surface area contributed by atoms with Gasteiger partial charge in [0.25, 0.3) is 5.56 Å². The van der Waals surface area contributed by atoms with E-state index in [-0.39, 0.29) is 31.0 Å². The molecule has 2 heterocycles. The highest BCUT2D eigenvalue weighted by Gasteiger charge is 2.39. The van der Waals surface area contributed by atoms with Gasteiger partial charge in [-0.1, -0.05) is 48.5 Å². The highest BCUT2D eigenvalue weighted by molar-refractivity contribution is 5.94. The SMILES string of the molecule is COC(=O)c1nc([C@@H]2C[C@H](N)CN2C(=O)OCc2ccccc2)n(C)c(=O)c1OC(=O)c1ccccc1. The Morgan fingerprint density at radius 2 is 1.68 bits per heavy atom. The van der Waals surface area contributed by atoms with E-state index in [1.165, 1.54) is 24.1 Å². The van der Waals surface area contributed by atoms with Crippen molar-refractivity contribution < 1.29 is 28.6 Å². The summed E-state index contributed by atoms with van der Waals surface area (Å²) in [5, 5.41) is 0. The van der Waals surface area contributed by atoms with Gasteiger partial charge < -0.3 is 19.9 Å². The van der Waals surface area contributed by atoms with Crippen LogP contribution in [0.15, 0.2) is 65.5 Å². The minimum Gasteiger partial charge on any atom is -0.464 e. The number of esters is 2. The van der Waals surface area contributed by atoms with Crippen molar-refractivity contribution in [1.82, 2.24) is 14.5 Å². The van der Waals surface area contributed by atoms with Crippen molar-refractivity contribution in [2.75, 3.05) is 13.7 Å². The van der Waals surface area contributed by atoms with Gasteiger partial charge in [0.05, 0.1) is 18.7 Å². The summed E-state index contributed by atoms with van der Waals surface area (Å²) >= 11 is 0. The molecule has 2 aromatic carbocycles. The standard InChI is InChI=1S/C26H26N4O7/c1-29-22(19-13-18(27)14-30(19)26(34)36-15-16-9-5-3-6-10-16)28-20(25(33)35-2)21(23(29)31)37-24(32)17-11-7-4-8-12-17/h3-12,18-19H,13-15,27H2,1-2H3/t18-,19-/m0/s1. The van der Waals surface area contributed by atoms with Gasteiger partial charge in [0.2, 0.25) is 5.75 Å². The number of carbonyl (C=O) groups excluding carboxylic acids is 3. The van der Waals surface area contributed by atoms with Crippen LogP contribution >= 0.6 is 0 Å². The molecule has 0 aliphatic carbocycles. The maximum atomic E-state index is 13.3. The Kier molecular flexibility index (Phi) is 7.63. The molecule has 3 aromatic rings. The van der Waals surface area contributed by atoms with Crippen LogP contribution in [0.1, 0.15) is 44.7 Å². The molecule has 1 saturated heterocycles. The minimum absolute atomic E-state index is 0.0479. The number of hydrogen-bond donors (Lipinski definition) is 1. The van der Waals surface area contributed by atoms with Gasteiger partial charge in [0.15, 0.2) is 5.69 Å². The molecule has 192 valence electrons. The second-order valence-corrected chi connectivity index (χ2v) is 8.46. The number of rotatable bonds is 6. The highest BCUT2D eigenvalue weighted by atomic mass is 16.6. The average Bonchev–Trinajstić information content (AvgIpc) is 3.32. The van der Waals surface area contributed by atoms with Crippen LogP contribution < -0.4 is 16.0 Å². The molecule has 0 saturated carbocycles. The number of carbonyl (C=O) groups is 3. The molecule has 1 fully saturated rings. The number of benzene rings is 2. The van der Waals surface area contributed by atoms with Gasteiger partial charge in [0, 0.05) is 19.6 Å². The number of likely N-dealkylation sites (tertiary alicyclic amines) is 1. The second kappa shape index (κ2) is 11.0. The van der Waals surface area contributed by atoms with E-state index >= 15 is 0 Å². The average molecular weight is 507 g/mol. The number of hydrogen-bond acceptors (Lipinski definition) is 9. The molecule has 1 aliphatic rings. The fourth-order valence-corrected chi connectivity index (χ4v) is 4.07. The third kappa shape index (κ3) is 5.51. The molecule has 1 aliphatic heterocycles. The van der Waals surface area contributed by atoms with E-state index in [0.717, 1.165) is 17.2 Å². The summed E-state index contributed by atoms with van der Waals surface area (Å²) in [7, 11) is 2.52. The fraction of sp³-hybridized carbons (Fsp3) is 0.269. The van der Waals surface area contributed by atoms with Crippen LogP contribution in [0.3, 0.4) is 0 Å². The lowest BCUT2D eigenvalue weighted by atomic mass is 10.1. The summed E-state index contributed by atoms with van der Waals surface area (Å²) in [6, 6.07) is 16.0. The molecular formula is C26H26N4O7. The second-order valence-electron chi connectivity index (χ2n) is 8.46. The Labute approximate surface area is 212 Å². The van der Waals surface area contributed by atoms with E-state index in [0.29, 0.717) is 0 Å². The summed E-state index contributed by atoms with van der Waals surface area (Å²) in [5.74, 6) is -2.32. The Morgan fingerprint density at radius 3 is 2.32 bits per heavy atom. The van der Waals surface area contributed by atoms with E-state index in [1.54, 1.807) is 18.2 Å². The molecule has 4 rings (SSSR count). The van der Waals surface area contributed by atoms with Crippen LogP contribution in [0.25, 0.3) is 0 Å². The zero-order valence-electron chi connectivity index (χ0n) is 20.3. The van der Waals surface area contributed by atoms with Crippen molar-refractivity contribution in [3.63, 3.8) is 0 Å². The number of aromatic nitrogens is 2. The molecule has 0 bridgehead atoms. The molecule has 0 radical (unpaired) electrons. The number of methoxy groups -OCH3 is 1. The van der Waals surface area contributed by atoms with E-state index in [2.05, 4.69) is 4.98 Å². The quantitative estimate of drug-likeness (QED) is 0.498. The Balaban J connectivity index is 1.67. The van der Waals surface area contributed by atoms with E-state index in [4.69, 9.17) is 19.9 Å². The Hall–Kier alpha value is -4.51. The summed E-state index contributed by atoms with van der Waals surface area (Å²) < 4.78 is 16.7. The number of ether oxygens (including phenoxy) is 3. The van der Waals surface area contributed by atoms with E-state index in [1.807, 2.05) is 30.3 Å². The van der Waals surface area contributed by atoms with Gasteiger partial charge >= 0.3 is 18.0 Å². The molecule has 37 heavy (non-hydrogen) atoms. The lowest BCUT2D eigenvalue weighted by molar-refractivity contribution is 0.0582. The first-order valence-electron chi connectivity index (χ1n) is 11.5. The lowest BCUT2D eigenvalue weighted by Gasteiger charge is -2.25. The van der Waals surface area contributed by atoms with Crippen LogP contribution in [0.5, 0.6) is 5.75 Å². The monoisotopic (exact) mass is 506 g/mol. The van der Waals surface area contributed by atoms with Crippen molar-refractivity contribution in [2.45, 2.75) is 25.1 Å². The van der Waals surface area contributed by atoms with Crippen LogP contribution in [-0.4, -0.2) is 52.2 Å². The highest BCUT2D eigenvalue weighted by Crippen LogP contribution is 2.31. The van der Waals surface area contributed by atoms with E-state index in [9.17, 15) is 19.2 Å². The summed E-state index contributed by atoms with van der Waals surface area (Å²) in [5.41, 5.74) is 5.85. The maximum Gasteiger partial charge on any atom is 0.410 e. The fourth-order valence-electron chi connectivity index (χ4n) is 4.07. The zero-order chi connectivity index (χ0) is 26.5. The van der Waals surface area contributed by atoms with Gasteiger partial charge in [0.1, 0.15) is 12.4 Å². The maximum absolute atomic E-state index is 13.3. The van der Waals surface area contributed by atoms with E-state index < -0.39 is 47.1 Å². The molecule has 1 aromatic heterocycles. The molecule has 2 atom stereocenters. The van der Waals surface area contributed by atoms with Crippen molar-refractivity contribution in [3.8, 4) is 5.75 Å². The molecule has 0 spiro atoms. The van der Waals surface area contributed by atoms with Crippen LogP contribution in [0.2, 0.25) is 0 Å². The molecule has 11 nitrogen and oxygen atoms in total. The third-order valence-corrected chi connectivity index (χ3v) is 5.94. The van der Waals surface area contributed by atoms with Gasteiger partial charge in [-0.05, 0) is 24.1 Å². The predicted octanol–water partition coefficient (Wildman–Crippen LogP) is 2.20. The molecule has 1 amide bonds. The number of amides is 1. The zero-order valence-corrected chi connectivity index (χ0v) is 20.3. The molecular weight excluding hydrogens is 480 g/mol. The van der Waals surface area contributed by atoms with Gasteiger partial charge in [-0.15, -0.1) is 0 Å². The van der Waals surface area contributed by atoms with Crippen LogP contribution in [-0.2, 0) is 23.1 Å². The molecule has 2 N–H and O–H groups in total. The van der Waals surface area contributed by atoms with Gasteiger partial charge in [-0.2, -0.15) is 0 Å². The number of nitrogens with two attached hydrogens (primary N) is 1. The van der Waals surface area contributed by atoms with Gasteiger partial charge in [-0.3, -0.25) is 14.3 Å². The van der Waals surface area contributed by atoms with Crippen LogP contribution in [0.4, 0.5) is 4.79 Å². The first-order chi connectivity index (χ1) is 17.8. The summed E-state index contributed by atoms with van der Waals surface area (Å²) in [6.45, 7) is 0.207. The predicted molar refractivity (Wildman–Crippen MR) is 131 cm³/mol. The molecule has 11 heteroatoms. The Morgan fingerprint density at radius 1 is 1.03 bits per heavy atom. The first-order valence-corrected chi connectivity index (χ1v) is 11.5. The minimum atomic E-state index is -0.977. The normalized spacial score (nSPS) is 16.8. The van der Waals surface area contributed by atoms with Crippen molar-refractivity contribution in [3.05, 3.63) is 93.7 Å². The topological polar surface area (TPSA) is 143 Å². The summed E-state index contributed by atoms with van der Waals surface area (Å²) in [4.78, 5) is 57.1. The largest absolute Gasteiger partial charge is 0.464 e. The van der Waals surface area contributed by atoms with Crippen molar-refractivity contribution in [2.24, 2.45) is 12.8 Å². The number of nitrogens with zero attached hydrogens (tertiary/aromatic N) is 3. The Bertz CT molecular complexity index is 1360. The van der Waals surface area contributed by atoms with Crippen molar-refractivity contribution in [1.29, 1.82) is 0 Å². The smallest absolute Gasteiger partial charge is 0.410 e. The molecule has 0 unspecified atom stereocenters. The first kappa shape index (κ1) is 25.6. The van der Waals surface area contributed by atoms with Gasteiger partial charge in [-0.25, -0.2) is 19.4 Å². The summed E-state index contributed by atoms with van der Waals surface area (Å²) in [6.07, 6.45) is -0.375.